The monoisotopic (exact) mass is 1470 g/mol. The second-order valence-corrected chi connectivity index (χ2v) is 27.4. The number of carboxylic acids is 3. The Morgan fingerprint density at radius 3 is 1.63 bits per heavy atom. The van der Waals surface area contributed by atoms with Gasteiger partial charge < -0.3 is 80.0 Å². The van der Waals surface area contributed by atoms with Crippen LogP contribution >= 0.6 is 11.8 Å². The van der Waals surface area contributed by atoms with Crippen LogP contribution in [0.5, 0.6) is 0 Å². The highest BCUT2D eigenvalue weighted by molar-refractivity contribution is 7.98. The SMILES string of the molecule is CSCC[C@H](NC(=O)[C@H](CC(C)C)NC(=O)[C@H](Cc1cnc[nH]1)NC(=O)CNC(=O)[C@@H](NC(=O)[C@H](C)NC(=O)[C@H](Cc1cn(C(=O)[C@@H](N)CCC(N)=O)c2ccccc12)NC(=O)Cc1ccc(CNC(=O)CN2CCN(CC(=O)O)CCN(CC(=O)O)CCN(CC(=O)O)CC2)cc1)C(C)C)C(N)=O. The van der Waals surface area contributed by atoms with Gasteiger partial charge in [-0.15, -0.1) is 0 Å². The molecule has 1 aliphatic heterocycles. The summed E-state index contributed by atoms with van der Waals surface area (Å²) in [4.78, 5) is 198. The molecule has 0 unspecified atom stereocenters. The number of thioether (sulfide) groups is 1. The van der Waals surface area contributed by atoms with Gasteiger partial charge in [-0.3, -0.25) is 91.3 Å². The number of carboxylic acid groups (broad SMARTS) is 3. The minimum Gasteiger partial charge on any atom is -0.480 e. The number of aliphatic carboxylic acids is 3. The minimum absolute atomic E-state index is 0.0525. The Kier molecular flexibility index (Phi) is 34.8. The van der Waals surface area contributed by atoms with Gasteiger partial charge >= 0.3 is 17.9 Å². The van der Waals surface area contributed by atoms with Crippen molar-refractivity contribution in [2.24, 2.45) is 29.0 Å². The third kappa shape index (κ3) is 29.5. The van der Waals surface area contributed by atoms with E-state index in [4.69, 9.17) is 17.2 Å². The molecule has 10 amide bonds. The molecule has 5 rings (SSSR count). The topological polar surface area (TPSA) is 521 Å². The number of hydrogen-bond acceptors (Lipinski definition) is 21. The van der Waals surface area contributed by atoms with E-state index in [-0.39, 0.29) is 136 Å². The van der Waals surface area contributed by atoms with Crippen molar-refractivity contribution in [2.75, 3.05) is 97.1 Å². The molecule has 0 saturated carbocycles. The minimum atomic E-state index is -1.43. The molecule has 0 radical (unpaired) electrons. The maximum Gasteiger partial charge on any atom is 0.317 e. The molecule has 0 aliphatic carbocycles. The molecule has 104 heavy (non-hydrogen) atoms. The molecule has 4 aromatic rings. The van der Waals surface area contributed by atoms with Crippen molar-refractivity contribution < 1.29 is 82.4 Å². The van der Waals surface area contributed by atoms with Crippen LogP contribution in [0.25, 0.3) is 10.9 Å². The van der Waals surface area contributed by atoms with Crippen LogP contribution < -0.4 is 59.7 Å². The first-order chi connectivity index (χ1) is 49.3. The molecule has 2 aromatic carbocycles. The number of aromatic amines is 1. The summed E-state index contributed by atoms with van der Waals surface area (Å²) in [5, 5.41) is 50.5. The average molecular weight is 1470 g/mol. The highest BCUT2D eigenvalue weighted by atomic mass is 32.2. The van der Waals surface area contributed by atoms with Crippen molar-refractivity contribution in [3.8, 4) is 0 Å². The molecule has 3 heterocycles. The summed E-state index contributed by atoms with van der Waals surface area (Å²) < 4.78 is 1.28. The second-order valence-electron chi connectivity index (χ2n) is 26.4. The number of primary amides is 2. The number of aromatic nitrogens is 3. The molecule has 0 spiro atoms. The Labute approximate surface area is 606 Å². The number of nitrogens with two attached hydrogens (primary N) is 3. The van der Waals surface area contributed by atoms with Crippen LogP contribution in [0.2, 0.25) is 0 Å². The van der Waals surface area contributed by atoms with Crippen LogP contribution in [-0.4, -0.2) is 272 Å². The largest absolute Gasteiger partial charge is 0.480 e. The Morgan fingerprint density at radius 2 is 1.11 bits per heavy atom. The lowest BCUT2D eigenvalue weighted by Crippen LogP contribution is -2.59. The molecule has 7 atom stereocenters. The first-order valence-corrected chi connectivity index (χ1v) is 35.6. The summed E-state index contributed by atoms with van der Waals surface area (Å²) in [6.07, 6.45) is 5.63. The molecule has 36 heteroatoms. The van der Waals surface area contributed by atoms with Crippen molar-refractivity contribution in [2.45, 2.75) is 128 Å². The Hall–Kier alpha value is -9.88. The number of carbonyl (C=O) groups is 14. The van der Waals surface area contributed by atoms with E-state index in [2.05, 4.69) is 52.5 Å². The smallest absolute Gasteiger partial charge is 0.317 e. The Bertz CT molecular complexity index is 3580. The van der Waals surface area contributed by atoms with Gasteiger partial charge in [-0.05, 0) is 72.8 Å². The van der Waals surface area contributed by atoms with E-state index in [9.17, 15) is 82.4 Å². The number of amides is 10. The van der Waals surface area contributed by atoms with E-state index in [1.165, 1.54) is 42.0 Å². The predicted octanol–water partition coefficient (Wildman–Crippen LogP) is -3.30. The fourth-order valence-corrected chi connectivity index (χ4v) is 11.9. The maximum absolute atomic E-state index is 14.6. The number of H-pyrrole nitrogens is 1. The molecule has 1 saturated heterocycles. The van der Waals surface area contributed by atoms with E-state index in [1.54, 1.807) is 82.0 Å². The predicted molar refractivity (Wildman–Crippen MR) is 382 cm³/mol. The Balaban J connectivity index is 1.28. The van der Waals surface area contributed by atoms with Crippen molar-refractivity contribution in [1.82, 2.24) is 76.7 Å². The van der Waals surface area contributed by atoms with E-state index in [1.807, 2.05) is 20.1 Å². The van der Waals surface area contributed by atoms with Gasteiger partial charge in [-0.1, -0.05) is 70.2 Å². The van der Waals surface area contributed by atoms with E-state index >= 15 is 0 Å². The van der Waals surface area contributed by atoms with Gasteiger partial charge in [0.2, 0.25) is 65.0 Å². The Morgan fingerprint density at radius 1 is 0.577 bits per heavy atom. The van der Waals surface area contributed by atoms with Crippen LogP contribution in [0.4, 0.5) is 0 Å². The summed E-state index contributed by atoms with van der Waals surface area (Å²) in [7, 11) is 0. The zero-order valence-corrected chi connectivity index (χ0v) is 60.3. The van der Waals surface area contributed by atoms with Crippen LogP contribution in [0, 0.1) is 11.8 Å². The fourth-order valence-electron chi connectivity index (χ4n) is 11.4. The fraction of sp³-hybridized carbons (Fsp3) is 0.544. The van der Waals surface area contributed by atoms with Gasteiger partial charge in [-0.2, -0.15) is 11.8 Å². The number of hydrogen-bond donors (Lipinski definition) is 15. The zero-order chi connectivity index (χ0) is 76.7. The molecular formula is C68H100N18O17S. The van der Waals surface area contributed by atoms with Gasteiger partial charge in [0, 0.05) is 102 Å². The highest BCUT2D eigenvalue weighted by Gasteiger charge is 2.34. The lowest BCUT2D eigenvalue weighted by Gasteiger charge is -2.32. The number of rotatable bonds is 40. The van der Waals surface area contributed by atoms with E-state index < -0.39 is 138 Å². The van der Waals surface area contributed by atoms with Crippen molar-refractivity contribution >= 4 is 106 Å². The first-order valence-electron chi connectivity index (χ1n) is 34.2. The molecular weight excluding hydrogens is 1370 g/mol. The van der Waals surface area contributed by atoms with Gasteiger partial charge in [-0.25, -0.2) is 4.98 Å². The lowest BCUT2D eigenvalue weighted by molar-refractivity contribution is -0.140. The normalized spacial score (nSPS) is 15.6. The van der Waals surface area contributed by atoms with Gasteiger partial charge in [0.25, 0.3) is 0 Å². The van der Waals surface area contributed by atoms with Gasteiger partial charge in [0.15, 0.2) is 0 Å². The highest BCUT2D eigenvalue weighted by Crippen LogP contribution is 2.24. The quantitative estimate of drug-likeness (QED) is 0.0207. The van der Waals surface area contributed by atoms with Crippen molar-refractivity contribution in [1.29, 1.82) is 0 Å². The van der Waals surface area contributed by atoms with Crippen molar-refractivity contribution in [3.05, 3.63) is 89.6 Å². The molecule has 1 aliphatic rings. The van der Waals surface area contributed by atoms with Crippen LogP contribution in [0.1, 0.15) is 87.5 Å². The summed E-state index contributed by atoms with van der Waals surface area (Å²) in [5.74, 6) is -11.2. The van der Waals surface area contributed by atoms with E-state index in [0.717, 1.165) is 0 Å². The molecule has 18 N–H and O–H groups in total. The standard InChI is InChI=1S/C68H100N18O17S/c1-40(2)27-50(65(100)79-49(62(71)97)17-26-104-6)80-66(101)52(30-46-32-72-39-75-46)78-56(89)33-74-67(102)61(41(3)4)81-63(98)42(5)76-64(99)51(29-45-34-86(53-10-8-7-9-47(45)53)68(103)48(69)15-16-54(70)87)77-55(88)28-43-11-13-44(14-12-43)31-73-57(90)35-82-18-20-83(36-58(91)92)22-24-85(38-60(95)96)25-23-84(21-19-82)37-59(93)94/h7-14,32,34,39-42,48-52,61H,15-31,33,35-38,69H2,1-6H3,(H2,70,87)(H2,71,97)(H,72,75)(H,73,90)(H,74,102)(H,76,99)(H,77,88)(H,78,89)(H,79,100)(H,80,101)(H,81,98)(H,91,92)(H,93,94)(H,95,96)/t42-,48-,49-,50-,51-,52-,61-/m0/s1. The number of para-hydroxylation sites is 1. The summed E-state index contributed by atoms with van der Waals surface area (Å²) >= 11 is 1.45. The third-order valence-corrected chi connectivity index (χ3v) is 17.7. The lowest BCUT2D eigenvalue weighted by atomic mass is 10.0. The average Bonchev–Trinajstić information content (AvgIpc) is 1.63. The van der Waals surface area contributed by atoms with E-state index in [0.29, 0.717) is 39.0 Å². The maximum atomic E-state index is 14.6. The number of nitrogens with zero attached hydrogens (tertiary/aromatic N) is 6. The number of imidazole rings is 1. The summed E-state index contributed by atoms with van der Waals surface area (Å²) in [6, 6.07) is 4.64. The molecule has 1 fully saturated rings. The molecule has 0 bridgehead atoms. The number of nitrogens with one attached hydrogen (secondary N) is 9. The van der Waals surface area contributed by atoms with Crippen LogP contribution in [0.15, 0.2) is 67.3 Å². The summed E-state index contributed by atoms with van der Waals surface area (Å²) in [5.41, 5.74) is 19.5. The second kappa shape index (κ2) is 42.6. The van der Waals surface area contributed by atoms with Crippen molar-refractivity contribution in [3.63, 3.8) is 0 Å². The number of benzene rings is 2. The summed E-state index contributed by atoms with van der Waals surface area (Å²) in [6.45, 7) is 8.22. The molecule has 2 aromatic heterocycles. The van der Waals surface area contributed by atoms with Crippen LogP contribution in [-0.2, 0) is 88.1 Å². The number of fused-ring (bicyclic) bond motifs is 1. The number of carbonyl (C=O) groups excluding carboxylic acids is 11. The van der Waals surface area contributed by atoms with Gasteiger partial charge in [0.1, 0.15) is 36.3 Å². The zero-order valence-electron chi connectivity index (χ0n) is 59.5. The van der Waals surface area contributed by atoms with Crippen LogP contribution in [0.3, 0.4) is 0 Å². The first kappa shape index (κ1) is 84.8. The molecule has 35 nitrogen and oxygen atoms in total. The molecule has 570 valence electrons. The third-order valence-electron chi connectivity index (χ3n) is 17.0. The van der Waals surface area contributed by atoms with Gasteiger partial charge in [0.05, 0.1) is 57.0 Å².